The van der Waals surface area contributed by atoms with E-state index >= 15 is 0 Å². The van der Waals surface area contributed by atoms with Crippen LogP contribution >= 0.6 is 0 Å². The third-order valence-electron chi connectivity index (χ3n) is 4.62. The summed E-state index contributed by atoms with van der Waals surface area (Å²) in [5.74, 6) is 0.860. The van der Waals surface area contributed by atoms with Gasteiger partial charge in [-0.1, -0.05) is 44.9 Å². The number of hydrogen-bond donors (Lipinski definition) is 1. The number of hydrogen-bond acceptors (Lipinski definition) is 2. The second-order valence-electron chi connectivity index (χ2n) is 6.95. The summed E-state index contributed by atoms with van der Waals surface area (Å²) in [6.07, 6.45) is 5.44. The van der Waals surface area contributed by atoms with Crippen LogP contribution in [0.3, 0.4) is 0 Å². The zero-order chi connectivity index (χ0) is 15.5. The van der Waals surface area contributed by atoms with Crippen LogP contribution in [-0.2, 0) is 11.3 Å². The fourth-order valence-electron chi connectivity index (χ4n) is 3.75. The highest BCUT2D eigenvalue weighted by Gasteiger charge is 2.42. The van der Waals surface area contributed by atoms with Crippen LogP contribution in [0.4, 0.5) is 5.69 Å². The number of rotatable bonds is 5. The summed E-state index contributed by atoms with van der Waals surface area (Å²) in [4.78, 5) is 14.9. The molecular weight excluding hydrogens is 260 g/mol. The molecule has 1 amide bonds. The molecule has 0 saturated heterocycles. The van der Waals surface area contributed by atoms with E-state index in [0.29, 0.717) is 18.4 Å². The third kappa shape index (κ3) is 3.58. The lowest BCUT2D eigenvalue weighted by Gasteiger charge is -2.34. The molecule has 3 nitrogen and oxygen atoms in total. The van der Waals surface area contributed by atoms with Crippen LogP contribution in [0.1, 0.15) is 51.5 Å². The van der Waals surface area contributed by atoms with Gasteiger partial charge in [0.2, 0.25) is 5.91 Å². The molecule has 0 spiro atoms. The molecule has 0 radical (unpaired) electrons. The molecule has 2 N–H and O–H groups in total. The second-order valence-corrected chi connectivity index (χ2v) is 6.95. The molecule has 0 unspecified atom stereocenters. The minimum atomic E-state index is -0.132. The van der Waals surface area contributed by atoms with E-state index in [4.69, 9.17) is 5.73 Å². The maximum Gasteiger partial charge on any atom is 0.228 e. The number of nitrogens with two attached hydrogens (primary N) is 1. The van der Waals surface area contributed by atoms with Gasteiger partial charge < -0.3 is 10.6 Å². The first-order valence-electron chi connectivity index (χ1n) is 8.03. The predicted molar refractivity (Wildman–Crippen MR) is 87.7 cm³/mol. The van der Waals surface area contributed by atoms with E-state index in [1.54, 1.807) is 0 Å². The Hall–Kier alpha value is -1.51. The van der Waals surface area contributed by atoms with Crippen molar-refractivity contribution < 1.29 is 4.79 Å². The monoisotopic (exact) mass is 288 g/mol. The van der Waals surface area contributed by atoms with Crippen molar-refractivity contribution in [2.45, 2.75) is 52.5 Å². The number of amides is 1. The maximum atomic E-state index is 13.0. The average Bonchev–Trinajstić information content (AvgIpc) is 2.89. The molecule has 0 aliphatic heterocycles. The van der Waals surface area contributed by atoms with E-state index in [1.165, 1.54) is 12.8 Å². The molecule has 0 bridgehead atoms. The molecule has 3 heteroatoms. The Morgan fingerprint density at radius 3 is 2.48 bits per heavy atom. The molecule has 2 rings (SSSR count). The molecule has 1 fully saturated rings. The van der Waals surface area contributed by atoms with Crippen LogP contribution in [0.25, 0.3) is 0 Å². The zero-order valence-corrected chi connectivity index (χ0v) is 13.6. The minimum Gasteiger partial charge on any atom is -0.398 e. The van der Waals surface area contributed by atoms with Crippen LogP contribution in [0.15, 0.2) is 24.3 Å². The molecule has 0 atom stereocenters. The summed E-state index contributed by atoms with van der Waals surface area (Å²) in [7, 11) is 1.91. The fraction of sp³-hybridized carbons (Fsp3) is 0.611. The number of carbonyl (C=O) groups excluding carboxylic acids is 1. The van der Waals surface area contributed by atoms with E-state index in [0.717, 1.165) is 30.5 Å². The smallest absolute Gasteiger partial charge is 0.228 e. The number of carbonyl (C=O) groups is 1. The molecule has 1 saturated carbocycles. The number of para-hydroxylation sites is 1. The maximum absolute atomic E-state index is 13.0. The Balaban J connectivity index is 2.12. The minimum absolute atomic E-state index is 0.132. The molecule has 21 heavy (non-hydrogen) atoms. The Morgan fingerprint density at radius 1 is 1.29 bits per heavy atom. The quantitative estimate of drug-likeness (QED) is 0.837. The number of nitrogens with zero attached hydrogens (tertiary/aromatic N) is 1. The van der Waals surface area contributed by atoms with Gasteiger partial charge in [0.25, 0.3) is 0 Å². The van der Waals surface area contributed by atoms with Crippen molar-refractivity contribution in [3.8, 4) is 0 Å². The molecule has 0 heterocycles. The van der Waals surface area contributed by atoms with Crippen molar-refractivity contribution in [2.75, 3.05) is 12.8 Å². The van der Waals surface area contributed by atoms with Crippen LogP contribution in [0.2, 0.25) is 0 Å². The van der Waals surface area contributed by atoms with Crippen molar-refractivity contribution >= 4 is 11.6 Å². The molecular formula is C18H28N2O. The van der Waals surface area contributed by atoms with E-state index < -0.39 is 0 Å². The summed E-state index contributed by atoms with van der Waals surface area (Å²) in [5.41, 5.74) is 7.66. The summed E-state index contributed by atoms with van der Waals surface area (Å²) in [6, 6.07) is 7.80. The van der Waals surface area contributed by atoms with E-state index in [1.807, 2.05) is 36.2 Å². The van der Waals surface area contributed by atoms with Gasteiger partial charge in [0.1, 0.15) is 0 Å². The topological polar surface area (TPSA) is 46.3 Å². The van der Waals surface area contributed by atoms with Gasteiger partial charge >= 0.3 is 0 Å². The highest BCUT2D eigenvalue weighted by molar-refractivity contribution is 5.83. The lowest BCUT2D eigenvalue weighted by Crippen LogP contribution is -2.41. The van der Waals surface area contributed by atoms with Crippen LogP contribution in [-0.4, -0.2) is 17.9 Å². The van der Waals surface area contributed by atoms with Crippen molar-refractivity contribution in [2.24, 2.45) is 11.3 Å². The Bertz CT molecular complexity index is 490. The zero-order valence-electron chi connectivity index (χ0n) is 13.6. The Kier molecular flexibility index (Phi) is 4.92. The van der Waals surface area contributed by atoms with E-state index in [-0.39, 0.29) is 5.41 Å². The normalized spacial score (nSPS) is 17.1. The van der Waals surface area contributed by atoms with Crippen LogP contribution in [0, 0.1) is 11.3 Å². The highest BCUT2D eigenvalue weighted by Crippen LogP contribution is 2.44. The third-order valence-corrected chi connectivity index (χ3v) is 4.62. The van der Waals surface area contributed by atoms with Gasteiger partial charge in [-0.15, -0.1) is 0 Å². The Labute approximate surface area is 128 Å². The van der Waals surface area contributed by atoms with Crippen molar-refractivity contribution in [3.63, 3.8) is 0 Å². The average molecular weight is 288 g/mol. The summed E-state index contributed by atoms with van der Waals surface area (Å²) in [6.45, 7) is 5.02. The number of nitrogen functional groups attached to an aromatic ring is 1. The number of anilines is 1. The molecule has 1 aromatic carbocycles. The SMILES string of the molecule is CC(C)CC1(C(=O)N(C)Cc2ccccc2N)CCCC1. The summed E-state index contributed by atoms with van der Waals surface area (Å²) < 4.78 is 0. The molecule has 116 valence electrons. The van der Waals surface area contributed by atoms with Gasteiger partial charge in [0, 0.05) is 24.7 Å². The van der Waals surface area contributed by atoms with Gasteiger partial charge in [-0.25, -0.2) is 0 Å². The van der Waals surface area contributed by atoms with Gasteiger partial charge in [0.15, 0.2) is 0 Å². The number of benzene rings is 1. The highest BCUT2D eigenvalue weighted by atomic mass is 16.2. The molecule has 0 aromatic heterocycles. The molecule has 1 aromatic rings. The standard InChI is InChI=1S/C18H28N2O/c1-14(2)12-18(10-6-7-11-18)17(21)20(3)13-15-8-4-5-9-16(15)19/h4-5,8-9,14H,6-7,10-13,19H2,1-3H3. The first-order valence-corrected chi connectivity index (χ1v) is 8.03. The largest absolute Gasteiger partial charge is 0.398 e. The van der Waals surface area contributed by atoms with E-state index in [9.17, 15) is 4.79 Å². The molecule has 1 aliphatic carbocycles. The van der Waals surface area contributed by atoms with Crippen molar-refractivity contribution in [1.82, 2.24) is 4.90 Å². The van der Waals surface area contributed by atoms with Crippen LogP contribution in [0.5, 0.6) is 0 Å². The van der Waals surface area contributed by atoms with Gasteiger partial charge in [-0.3, -0.25) is 4.79 Å². The Morgan fingerprint density at radius 2 is 1.90 bits per heavy atom. The van der Waals surface area contributed by atoms with Crippen molar-refractivity contribution in [1.29, 1.82) is 0 Å². The van der Waals surface area contributed by atoms with Gasteiger partial charge in [-0.2, -0.15) is 0 Å². The fourth-order valence-corrected chi connectivity index (χ4v) is 3.75. The lowest BCUT2D eigenvalue weighted by molar-refractivity contribution is -0.142. The molecule has 1 aliphatic rings. The first kappa shape index (κ1) is 15.9. The van der Waals surface area contributed by atoms with Crippen LogP contribution < -0.4 is 5.73 Å². The first-order chi connectivity index (χ1) is 9.94. The summed E-state index contributed by atoms with van der Waals surface area (Å²) >= 11 is 0. The van der Waals surface area contributed by atoms with E-state index in [2.05, 4.69) is 13.8 Å². The summed E-state index contributed by atoms with van der Waals surface area (Å²) in [5, 5.41) is 0. The second kappa shape index (κ2) is 6.50. The predicted octanol–water partition coefficient (Wildman–Crippen LogP) is 3.83. The lowest BCUT2D eigenvalue weighted by atomic mass is 9.77. The van der Waals surface area contributed by atoms with Gasteiger partial charge in [-0.05, 0) is 36.8 Å². The van der Waals surface area contributed by atoms with Gasteiger partial charge in [0.05, 0.1) is 0 Å². The van der Waals surface area contributed by atoms with Crippen molar-refractivity contribution in [3.05, 3.63) is 29.8 Å².